The maximum Gasteiger partial charge on any atom is 0.172 e. The molecular weight excluding hydrogens is 316 g/mol. The normalized spacial score (nSPS) is 11.2. The number of thioether (sulfide) groups is 1. The SMILES string of the molecule is CSc1nccn1-c1ccccc1Cc1ccc2nc(C)[nH]c2c1. The number of benzene rings is 2. The molecule has 2 aromatic heterocycles. The summed E-state index contributed by atoms with van der Waals surface area (Å²) in [6, 6.07) is 14.9. The second-order valence-corrected chi connectivity index (χ2v) is 6.54. The fourth-order valence-electron chi connectivity index (χ4n) is 3.03. The molecule has 0 saturated heterocycles. The molecule has 4 aromatic rings. The average Bonchev–Trinajstić information content (AvgIpc) is 3.20. The van der Waals surface area contributed by atoms with Crippen LogP contribution in [0.5, 0.6) is 0 Å². The highest BCUT2D eigenvalue weighted by atomic mass is 32.2. The lowest BCUT2D eigenvalue weighted by Gasteiger charge is -2.12. The van der Waals surface area contributed by atoms with Crippen molar-refractivity contribution in [3.05, 3.63) is 71.8 Å². The van der Waals surface area contributed by atoms with Crippen molar-refractivity contribution in [2.45, 2.75) is 18.5 Å². The van der Waals surface area contributed by atoms with Gasteiger partial charge in [-0.25, -0.2) is 9.97 Å². The Morgan fingerprint density at radius 3 is 2.92 bits per heavy atom. The van der Waals surface area contributed by atoms with Crippen molar-refractivity contribution >= 4 is 22.8 Å². The largest absolute Gasteiger partial charge is 0.342 e. The summed E-state index contributed by atoms with van der Waals surface area (Å²) in [4.78, 5) is 12.2. The number of aromatic amines is 1. The molecular formula is C19H18N4S. The quantitative estimate of drug-likeness (QED) is 0.564. The van der Waals surface area contributed by atoms with Gasteiger partial charge in [0.15, 0.2) is 5.16 Å². The highest BCUT2D eigenvalue weighted by molar-refractivity contribution is 7.98. The Kier molecular flexibility index (Phi) is 3.86. The lowest BCUT2D eigenvalue weighted by Crippen LogP contribution is -2.01. The lowest BCUT2D eigenvalue weighted by atomic mass is 10.0. The van der Waals surface area contributed by atoms with Gasteiger partial charge in [0, 0.05) is 12.4 Å². The summed E-state index contributed by atoms with van der Waals surface area (Å²) < 4.78 is 2.15. The van der Waals surface area contributed by atoms with Gasteiger partial charge in [0.05, 0.1) is 16.7 Å². The monoisotopic (exact) mass is 334 g/mol. The minimum absolute atomic E-state index is 0.871. The van der Waals surface area contributed by atoms with E-state index in [1.54, 1.807) is 11.8 Å². The molecule has 0 aliphatic heterocycles. The van der Waals surface area contributed by atoms with Crippen molar-refractivity contribution in [1.29, 1.82) is 0 Å². The van der Waals surface area contributed by atoms with Crippen molar-refractivity contribution in [3.63, 3.8) is 0 Å². The molecule has 0 radical (unpaired) electrons. The van der Waals surface area contributed by atoms with E-state index >= 15 is 0 Å². The average molecular weight is 334 g/mol. The van der Waals surface area contributed by atoms with E-state index in [2.05, 4.69) is 68.2 Å². The minimum atomic E-state index is 0.871. The van der Waals surface area contributed by atoms with E-state index in [1.165, 1.54) is 16.8 Å². The van der Waals surface area contributed by atoms with Crippen molar-refractivity contribution in [2.75, 3.05) is 6.26 Å². The third-order valence-corrected chi connectivity index (χ3v) is 4.77. The molecule has 1 N–H and O–H groups in total. The highest BCUT2D eigenvalue weighted by Gasteiger charge is 2.10. The second kappa shape index (κ2) is 6.17. The molecule has 4 nitrogen and oxygen atoms in total. The van der Waals surface area contributed by atoms with Crippen LogP contribution in [0.15, 0.2) is 60.0 Å². The molecule has 0 saturated carbocycles. The minimum Gasteiger partial charge on any atom is -0.342 e. The van der Waals surface area contributed by atoms with Gasteiger partial charge in [-0.15, -0.1) is 0 Å². The zero-order valence-electron chi connectivity index (χ0n) is 13.7. The Morgan fingerprint density at radius 2 is 2.04 bits per heavy atom. The zero-order valence-corrected chi connectivity index (χ0v) is 14.5. The number of nitrogens with zero attached hydrogens (tertiary/aromatic N) is 3. The fraction of sp³-hybridized carbons (Fsp3) is 0.158. The van der Waals surface area contributed by atoms with Gasteiger partial charge in [0.1, 0.15) is 5.82 Å². The van der Waals surface area contributed by atoms with Gasteiger partial charge < -0.3 is 4.98 Å². The molecule has 0 aliphatic rings. The number of para-hydroxylation sites is 1. The molecule has 0 aliphatic carbocycles. The highest BCUT2D eigenvalue weighted by Crippen LogP contribution is 2.24. The third kappa shape index (κ3) is 2.71. The predicted octanol–water partition coefficient (Wildman–Crippen LogP) is 4.37. The molecule has 0 fully saturated rings. The van der Waals surface area contributed by atoms with E-state index in [0.29, 0.717) is 0 Å². The van der Waals surface area contributed by atoms with Gasteiger partial charge in [-0.05, 0) is 48.9 Å². The third-order valence-electron chi connectivity index (χ3n) is 4.10. The van der Waals surface area contributed by atoms with Crippen molar-refractivity contribution in [3.8, 4) is 5.69 Å². The predicted molar refractivity (Wildman–Crippen MR) is 99.0 cm³/mol. The summed E-state index contributed by atoms with van der Waals surface area (Å²) in [7, 11) is 0. The first-order chi connectivity index (χ1) is 11.7. The number of aryl methyl sites for hydroxylation is 1. The summed E-state index contributed by atoms with van der Waals surface area (Å²) in [6.07, 6.45) is 6.79. The Balaban J connectivity index is 1.74. The van der Waals surface area contributed by atoms with E-state index in [9.17, 15) is 0 Å². The van der Waals surface area contributed by atoms with Gasteiger partial charge in [-0.2, -0.15) is 0 Å². The second-order valence-electron chi connectivity index (χ2n) is 5.76. The maximum absolute atomic E-state index is 4.47. The topological polar surface area (TPSA) is 46.5 Å². The van der Waals surface area contributed by atoms with Crippen LogP contribution in [0.3, 0.4) is 0 Å². The number of H-pyrrole nitrogens is 1. The molecule has 2 aromatic carbocycles. The molecule has 120 valence electrons. The lowest BCUT2D eigenvalue weighted by molar-refractivity contribution is 0.884. The van der Waals surface area contributed by atoms with E-state index in [4.69, 9.17) is 0 Å². The van der Waals surface area contributed by atoms with Gasteiger partial charge in [-0.1, -0.05) is 36.0 Å². The van der Waals surface area contributed by atoms with Crippen LogP contribution in [-0.4, -0.2) is 25.8 Å². The van der Waals surface area contributed by atoms with Gasteiger partial charge in [-0.3, -0.25) is 4.57 Å². The van der Waals surface area contributed by atoms with Crippen LogP contribution in [0.2, 0.25) is 0 Å². The molecule has 0 amide bonds. The Morgan fingerprint density at radius 1 is 1.17 bits per heavy atom. The number of rotatable bonds is 4. The summed E-state index contributed by atoms with van der Waals surface area (Å²) in [6.45, 7) is 1.98. The van der Waals surface area contributed by atoms with Crippen LogP contribution in [0, 0.1) is 6.92 Å². The van der Waals surface area contributed by atoms with E-state index in [-0.39, 0.29) is 0 Å². The molecule has 24 heavy (non-hydrogen) atoms. The van der Waals surface area contributed by atoms with E-state index < -0.39 is 0 Å². The molecule has 0 spiro atoms. The van der Waals surface area contributed by atoms with Crippen LogP contribution in [0.1, 0.15) is 17.0 Å². The number of nitrogens with one attached hydrogen (secondary N) is 1. The van der Waals surface area contributed by atoms with Crippen LogP contribution >= 0.6 is 11.8 Å². The summed E-state index contributed by atoms with van der Waals surface area (Å²) >= 11 is 1.66. The molecule has 0 bridgehead atoms. The van der Waals surface area contributed by atoms with Crippen LogP contribution in [0.4, 0.5) is 0 Å². The summed E-state index contributed by atoms with van der Waals surface area (Å²) in [5.74, 6) is 0.950. The first-order valence-electron chi connectivity index (χ1n) is 7.85. The Hall–Kier alpha value is -2.53. The molecule has 4 rings (SSSR count). The molecule has 2 heterocycles. The molecule has 5 heteroatoms. The fourth-order valence-corrected chi connectivity index (χ4v) is 3.56. The number of hydrogen-bond acceptors (Lipinski definition) is 3. The van der Waals surface area contributed by atoms with E-state index in [1.807, 2.05) is 19.3 Å². The number of aromatic nitrogens is 4. The number of hydrogen-bond donors (Lipinski definition) is 1. The van der Waals surface area contributed by atoms with Crippen molar-refractivity contribution in [2.24, 2.45) is 0 Å². The van der Waals surface area contributed by atoms with E-state index in [0.717, 1.165) is 28.4 Å². The smallest absolute Gasteiger partial charge is 0.172 e. The number of fused-ring (bicyclic) bond motifs is 1. The first kappa shape index (κ1) is 15.0. The number of imidazole rings is 2. The molecule has 0 unspecified atom stereocenters. The summed E-state index contributed by atoms with van der Waals surface area (Å²) in [5, 5.41) is 1.00. The van der Waals surface area contributed by atoms with Crippen LogP contribution in [0.25, 0.3) is 16.7 Å². The van der Waals surface area contributed by atoms with Crippen molar-refractivity contribution < 1.29 is 0 Å². The standard InChI is InChI=1S/C19H18N4S/c1-13-21-16-8-7-14(12-17(16)22-13)11-15-5-3-4-6-18(15)23-10-9-20-19(23)24-2/h3-10,12H,11H2,1-2H3,(H,21,22). The molecule has 0 atom stereocenters. The maximum atomic E-state index is 4.47. The summed E-state index contributed by atoms with van der Waals surface area (Å²) in [5.41, 5.74) is 5.84. The van der Waals surface area contributed by atoms with Crippen molar-refractivity contribution in [1.82, 2.24) is 19.5 Å². The van der Waals surface area contributed by atoms with Gasteiger partial charge in [0.2, 0.25) is 0 Å². The van der Waals surface area contributed by atoms with Crippen LogP contribution in [-0.2, 0) is 6.42 Å². The first-order valence-corrected chi connectivity index (χ1v) is 9.08. The van der Waals surface area contributed by atoms with Crippen LogP contribution < -0.4 is 0 Å². The van der Waals surface area contributed by atoms with Gasteiger partial charge >= 0.3 is 0 Å². The zero-order chi connectivity index (χ0) is 16.5. The Bertz CT molecular complexity index is 999. The Labute approximate surface area is 145 Å². The van der Waals surface area contributed by atoms with Gasteiger partial charge in [0.25, 0.3) is 0 Å².